The maximum Gasteiger partial charge on any atom is 0.357 e. The number of carbonyl (C=O) groups excluding carboxylic acids is 1. The molecule has 0 spiro atoms. The molecule has 0 aliphatic rings. The molecule has 0 N–H and O–H groups in total. The van der Waals surface area contributed by atoms with E-state index in [0.717, 1.165) is 16.3 Å². The summed E-state index contributed by atoms with van der Waals surface area (Å²) in [5.41, 5.74) is 0.466. The fourth-order valence-corrected chi connectivity index (χ4v) is 2.13. The predicted octanol–water partition coefficient (Wildman–Crippen LogP) is 2.75. The number of hydrogen-bond acceptors (Lipinski definition) is 4. The van der Waals surface area contributed by atoms with Gasteiger partial charge in [0.15, 0.2) is 5.69 Å². The highest BCUT2D eigenvalue weighted by molar-refractivity contribution is 7.11. The van der Waals surface area contributed by atoms with Crippen molar-refractivity contribution in [3.63, 3.8) is 0 Å². The van der Waals surface area contributed by atoms with Crippen molar-refractivity contribution in [1.82, 2.24) is 4.98 Å². The van der Waals surface area contributed by atoms with Crippen molar-refractivity contribution in [2.24, 2.45) is 0 Å². The minimum absolute atomic E-state index is 0.340. The van der Waals surface area contributed by atoms with Crippen LogP contribution in [0.2, 0.25) is 0 Å². The maximum absolute atomic E-state index is 11.3. The summed E-state index contributed by atoms with van der Waals surface area (Å²) in [7, 11) is 1.38. The van der Waals surface area contributed by atoms with Gasteiger partial charge < -0.3 is 4.74 Å². The fourth-order valence-electron chi connectivity index (χ4n) is 1.09. The average Bonchev–Trinajstić information content (AvgIpc) is 2.58. The Morgan fingerprint density at radius 2 is 2.29 bits per heavy atom. The molecule has 4 heteroatoms. The number of methoxy groups -OCH3 is 1. The van der Waals surface area contributed by atoms with Crippen LogP contribution >= 0.6 is 11.3 Å². The first kappa shape index (κ1) is 11.2. The molecule has 1 aromatic heterocycles. The highest BCUT2D eigenvalue weighted by Gasteiger charge is 2.17. The summed E-state index contributed by atoms with van der Waals surface area (Å²) in [6.07, 6.45) is 1.04. The van der Waals surface area contributed by atoms with E-state index in [1.54, 1.807) is 11.3 Å². The molecular weight excluding hydrogens is 198 g/mol. The van der Waals surface area contributed by atoms with E-state index in [1.165, 1.54) is 7.11 Å². The molecule has 0 aliphatic heterocycles. The molecule has 3 nitrogen and oxygen atoms in total. The summed E-state index contributed by atoms with van der Waals surface area (Å²) >= 11 is 1.58. The Morgan fingerprint density at radius 1 is 1.64 bits per heavy atom. The smallest absolute Gasteiger partial charge is 0.357 e. The van der Waals surface area contributed by atoms with Gasteiger partial charge in [-0.3, -0.25) is 0 Å². The number of carbonyl (C=O) groups is 1. The summed E-state index contributed by atoms with van der Waals surface area (Å²) in [4.78, 5) is 16.5. The van der Waals surface area contributed by atoms with Crippen LogP contribution in [0, 0.1) is 6.92 Å². The van der Waals surface area contributed by atoms with Gasteiger partial charge >= 0.3 is 5.97 Å². The van der Waals surface area contributed by atoms with Gasteiger partial charge in [0.2, 0.25) is 0 Å². The van der Waals surface area contributed by atoms with Gasteiger partial charge in [0, 0.05) is 10.8 Å². The molecule has 1 unspecified atom stereocenters. The highest BCUT2D eigenvalue weighted by atomic mass is 32.1. The lowest BCUT2D eigenvalue weighted by atomic mass is 10.1. The minimum Gasteiger partial charge on any atom is -0.464 e. The van der Waals surface area contributed by atoms with Crippen LogP contribution in [0.5, 0.6) is 0 Å². The Hall–Kier alpha value is -0.900. The molecule has 1 aromatic rings. The molecule has 0 amide bonds. The monoisotopic (exact) mass is 213 g/mol. The topological polar surface area (TPSA) is 39.2 Å². The largest absolute Gasteiger partial charge is 0.464 e. The molecule has 0 saturated carbocycles. The van der Waals surface area contributed by atoms with Crippen molar-refractivity contribution in [3.05, 3.63) is 15.6 Å². The molecule has 1 rings (SSSR count). The summed E-state index contributed by atoms with van der Waals surface area (Å²) in [6, 6.07) is 0. The van der Waals surface area contributed by atoms with Crippen LogP contribution in [0.15, 0.2) is 0 Å². The Labute approximate surface area is 88.1 Å². The first-order chi connectivity index (χ1) is 6.60. The van der Waals surface area contributed by atoms with Gasteiger partial charge in [-0.15, -0.1) is 11.3 Å². The number of hydrogen-bond donors (Lipinski definition) is 0. The van der Waals surface area contributed by atoms with Crippen molar-refractivity contribution in [2.75, 3.05) is 7.11 Å². The van der Waals surface area contributed by atoms with E-state index in [9.17, 15) is 4.79 Å². The zero-order valence-electron chi connectivity index (χ0n) is 8.96. The molecule has 78 valence electrons. The van der Waals surface area contributed by atoms with Crippen LogP contribution in [-0.4, -0.2) is 18.1 Å². The number of nitrogens with zero attached hydrogens (tertiary/aromatic N) is 1. The van der Waals surface area contributed by atoms with E-state index in [1.807, 2.05) is 6.92 Å². The molecule has 0 aliphatic carbocycles. The second-order valence-corrected chi connectivity index (χ2v) is 4.49. The van der Waals surface area contributed by atoms with Gasteiger partial charge in [-0.05, 0) is 13.3 Å². The molecular formula is C10H15NO2S. The third kappa shape index (κ3) is 2.12. The van der Waals surface area contributed by atoms with Crippen LogP contribution in [0.1, 0.15) is 46.6 Å². The summed E-state index contributed by atoms with van der Waals surface area (Å²) in [6.45, 7) is 6.12. The lowest BCUT2D eigenvalue weighted by Crippen LogP contribution is -2.03. The van der Waals surface area contributed by atoms with E-state index in [0.29, 0.717) is 11.6 Å². The molecule has 0 fully saturated rings. The first-order valence-electron chi connectivity index (χ1n) is 4.65. The van der Waals surface area contributed by atoms with Gasteiger partial charge in [-0.2, -0.15) is 0 Å². The van der Waals surface area contributed by atoms with E-state index in [2.05, 4.69) is 23.6 Å². The summed E-state index contributed by atoms with van der Waals surface area (Å²) in [5.74, 6) is 0.0745. The Balaban J connectivity index is 2.98. The SMILES string of the molecule is CCC(C)c1nc(C(=O)OC)c(C)s1. The van der Waals surface area contributed by atoms with E-state index in [-0.39, 0.29) is 5.97 Å². The number of aryl methyl sites for hydroxylation is 1. The predicted molar refractivity (Wildman–Crippen MR) is 56.9 cm³/mol. The normalized spacial score (nSPS) is 12.6. The second-order valence-electron chi connectivity index (χ2n) is 3.26. The van der Waals surface area contributed by atoms with Gasteiger partial charge in [0.1, 0.15) is 0 Å². The van der Waals surface area contributed by atoms with E-state index >= 15 is 0 Å². The van der Waals surface area contributed by atoms with Crippen molar-refractivity contribution in [3.8, 4) is 0 Å². The number of ether oxygens (including phenoxy) is 1. The van der Waals surface area contributed by atoms with E-state index < -0.39 is 0 Å². The lowest BCUT2D eigenvalue weighted by Gasteiger charge is -2.01. The first-order valence-corrected chi connectivity index (χ1v) is 5.47. The van der Waals surface area contributed by atoms with Gasteiger partial charge in [-0.1, -0.05) is 13.8 Å². The Morgan fingerprint density at radius 3 is 2.79 bits per heavy atom. The van der Waals surface area contributed by atoms with Crippen molar-refractivity contribution < 1.29 is 9.53 Å². The molecule has 0 saturated heterocycles. The van der Waals surface area contributed by atoms with Gasteiger partial charge in [-0.25, -0.2) is 9.78 Å². The van der Waals surface area contributed by atoms with Crippen LogP contribution < -0.4 is 0 Å². The zero-order chi connectivity index (χ0) is 10.7. The fraction of sp³-hybridized carbons (Fsp3) is 0.600. The standard InChI is InChI=1S/C10H15NO2S/c1-5-6(2)9-11-8(7(3)14-9)10(12)13-4/h6H,5H2,1-4H3. The van der Waals surface area contributed by atoms with Crippen LogP contribution in [0.4, 0.5) is 0 Å². The van der Waals surface area contributed by atoms with Crippen molar-refractivity contribution in [2.45, 2.75) is 33.1 Å². The average molecular weight is 213 g/mol. The van der Waals surface area contributed by atoms with Gasteiger partial charge in [0.05, 0.1) is 12.1 Å². The summed E-state index contributed by atoms with van der Waals surface area (Å²) < 4.78 is 4.65. The molecule has 0 radical (unpaired) electrons. The molecule has 14 heavy (non-hydrogen) atoms. The van der Waals surface area contributed by atoms with Crippen molar-refractivity contribution in [1.29, 1.82) is 0 Å². The van der Waals surface area contributed by atoms with Crippen LogP contribution in [-0.2, 0) is 4.74 Å². The third-order valence-electron chi connectivity index (χ3n) is 2.23. The zero-order valence-corrected chi connectivity index (χ0v) is 9.77. The molecule has 1 atom stereocenters. The van der Waals surface area contributed by atoms with Crippen molar-refractivity contribution >= 4 is 17.3 Å². The molecule has 0 aromatic carbocycles. The van der Waals surface area contributed by atoms with Crippen LogP contribution in [0.25, 0.3) is 0 Å². The Bertz CT molecular complexity index is 333. The quantitative estimate of drug-likeness (QED) is 0.725. The molecule has 1 heterocycles. The number of aromatic nitrogens is 1. The van der Waals surface area contributed by atoms with Crippen LogP contribution in [0.3, 0.4) is 0 Å². The van der Waals surface area contributed by atoms with Gasteiger partial charge in [0.25, 0.3) is 0 Å². The maximum atomic E-state index is 11.3. The Kier molecular flexibility index (Phi) is 3.63. The number of esters is 1. The highest BCUT2D eigenvalue weighted by Crippen LogP contribution is 2.26. The minimum atomic E-state index is -0.340. The lowest BCUT2D eigenvalue weighted by molar-refractivity contribution is 0.0594. The van der Waals surface area contributed by atoms with E-state index in [4.69, 9.17) is 0 Å². The number of rotatable bonds is 3. The molecule has 0 bridgehead atoms. The third-order valence-corrected chi connectivity index (χ3v) is 3.43. The summed E-state index contributed by atoms with van der Waals surface area (Å²) in [5, 5.41) is 1.02. The second kappa shape index (κ2) is 4.55. The number of thiazole rings is 1.